The number of nitrogens with zero attached hydrogens (tertiary/aromatic N) is 2. The molecule has 4 atom stereocenters. The molecule has 0 unspecified atom stereocenters. The molecule has 31 heavy (non-hydrogen) atoms. The predicted molar refractivity (Wildman–Crippen MR) is 134 cm³/mol. The minimum atomic E-state index is -0.234. The van der Waals surface area contributed by atoms with Crippen LogP contribution >= 0.6 is 45.2 Å². The normalized spacial score (nSPS) is 26.7. The maximum absolute atomic E-state index is 12.9. The highest BCUT2D eigenvalue weighted by Crippen LogP contribution is 2.49. The van der Waals surface area contributed by atoms with Crippen LogP contribution in [0.2, 0.25) is 0 Å². The number of rotatable bonds is 5. The number of hydrazone groups is 1. The van der Waals surface area contributed by atoms with Gasteiger partial charge in [0.25, 0.3) is 11.8 Å². The van der Waals surface area contributed by atoms with Crippen molar-refractivity contribution in [3.8, 4) is 5.75 Å². The molecule has 1 heterocycles. The van der Waals surface area contributed by atoms with E-state index in [4.69, 9.17) is 4.74 Å². The predicted octanol–water partition coefficient (Wildman–Crippen LogP) is 5.01. The number of imide groups is 1. The molecule has 158 valence electrons. The average Bonchev–Trinajstić information content (AvgIpc) is 3.05. The van der Waals surface area contributed by atoms with Gasteiger partial charge in [0.15, 0.2) is 0 Å². The molecule has 1 aliphatic heterocycles. The van der Waals surface area contributed by atoms with Gasteiger partial charge in [-0.2, -0.15) is 10.1 Å². The largest absolute Gasteiger partial charge is 0.487 e. The SMILES string of the molecule is O=C1[C@H]2[C@H](C(=O)N1/N=C\c1cc(I)c(OCc3ccccc3)c(I)c1)[C@H]1C=C[C@H]2CC1. The summed E-state index contributed by atoms with van der Waals surface area (Å²) < 4.78 is 7.94. The summed E-state index contributed by atoms with van der Waals surface area (Å²) in [6.07, 6.45) is 7.81. The highest BCUT2D eigenvalue weighted by Gasteiger charge is 2.56. The van der Waals surface area contributed by atoms with E-state index in [9.17, 15) is 9.59 Å². The number of carbonyl (C=O) groups is 2. The standard InChI is InChI=1S/C24H20I2N2O3/c25-18-10-15(11-19(26)22(18)31-13-14-4-2-1-3-5-14)12-27-28-23(29)20-16-6-7-17(9-8-16)21(20)24(28)30/h1-7,10-12,16-17,20-21H,8-9,13H2/b27-12-/t16-,17-,20+,21+/m0/s1. The van der Waals surface area contributed by atoms with Gasteiger partial charge in [-0.15, -0.1) is 0 Å². The van der Waals surface area contributed by atoms with Gasteiger partial charge in [0.2, 0.25) is 0 Å². The zero-order chi connectivity index (χ0) is 21.5. The summed E-state index contributed by atoms with van der Waals surface area (Å²) in [5.41, 5.74) is 1.94. The van der Waals surface area contributed by atoms with E-state index >= 15 is 0 Å². The minimum absolute atomic E-state index is 0.155. The van der Waals surface area contributed by atoms with Crippen molar-refractivity contribution in [2.45, 2.75) is 19.4 Å². The molecule has 0 radical (unpaired) electrons. The fourth-order valence-electron chi connectivity index (χ4n) is 4.82. The lowest BCUT2D eigenvalue weighted by molar-refractivity contribution is -0.140. The van der Waals surface area contributed by atoms with Gasteiger partial charge in [-0.25, -0.2) is 0 Å². The smallest absolute Gasteiger partial charge is 0.254 e. The van der Waals surface area contributed by atoms with Crippen LogP contribution in [0, 0.1) is 30.8 Å². The molecule has 6 rings (SSSR count). The van der Waals surface area contributed by atoms with Crippen molar-refractivity contribution < 1.29 is 14.3 Å². The van der Waals surface area contributed by atoms with Gasteiger partial charge in [0.1, 0.15) is 12.4 Å². The van der Waals surface area contributed by atoms with Crippen molar-refractivity contribution in [2.24, 2.45) is 28.8 Å². The van der Waals surface area contributed by atoms with E-state index in [0.717, 1.165) is 41.9 Å². The Kier molecular flexibility index (Phi) is 5.89. The fourth-order valence-corrected chi connectivity index (χ4v) is 6.95. The molecule has 0 N–H and O–H groups in total. The summed E-state index contributed by atoms with van der Waals surface area (Å²) in [6, 6.07) is 13.9. The van der Waals surface area contributed by atoms with E-state index in [-0.39, 0.29) is 35.5 Å². The van der Waals surface area contributed by atoms with Gasteiger partial charge >= 0.3 is 0 Å². The Labute approximate surface area is 208 Å². The number of ether oxygens (including phenoxy) is 1. The Morgan fingerprint density at radius 1 is 0.968 bits per heavy atom. The number of amides is 2. The Balaban J connectivity index is 1.32. The van der Waals surface area contributed by atoms with Crippen LogP contribution in [0.3, 0.4) is 0 Å². The number of benzene rings is 2. The van der Waals surface area contributed by atoms with Crippen LogP contribution in [0.15, 0.2) is 59.7 Å². The Hall–Kier alpha value is -1.75. The van der Waals surface area contributed by atoms with Crippen LogP contribution in [0.4, 0.5) is 0 Å². The topological polar surface area (TPSA) is 59.0 Å². The van der Waals surface area contributed by atoms with Crippen LogP contribution in [0.25, 0.3) is 0 Å². The third-order valence-electron chi connectivity index (χ3n) is 6.30. The summed E-state index contributed by atoms with van der Waals surface area (Å²) in [5, 5.41) is 5.42. The van der Waals surface area contributed by atoms with Gasteiger partial charge < -0.3 is 4.74 Å². The molecule has 0 aromatic heterocycles. The zero-order valence-corrected chi connectivity index (χ0v) is 20.9. The molecule has 2 aromatic carbocycles. The van der Waals surface area contributed by atoms with Crippen molar-refractivity contribution in [3.05, 3.63) is 72.9 Å². The zero-order valence-electron chi connectivity index (χ0n) is 16.6. The third-order valence-corrected chi connectivity index (χ3v) is 7.91. The summed E-state index contributed by atoms with van der Waals surface area (Å²) in [6.45, 7) is 0.496. The molecular weight excluding hydrogens is 618 g/mol. The summed E-state index contributed by atoms with van der Waals surface area (Å²) in [4.78, 5) is 25.8. The number of fused-ring (bicyclic) bond motifs is 1. The van der Waals surface area contributed by atoms with Gasteiger partial charge in [0, 0.05) is 0 Å². The van der Waals surface area contributed by atoms with Crippen LogP contribution < -0.4 is 4.74 Å². The number of carbonyl (C=O) groups excluding carboxylic acids is 2. The van der Waals surface area contributed by atoms with Crippen molar-refractivity contribution in [1.29, 1.82) is 0 Å². The van der Waals surface area contributed by atoms with Gasteiger partial charge in [0.05, 0.1) is 25.2 Å². The van der Waals surface area contributed by atoms with E-state index in [1.54, 1.807) is 6.21 Å². The highest BCUT2D eigenvalue weighted by atomic mass is 127. The lowest BCUT2D eigenvalue weighted by Gasteiger charge is -2.37. The quantitative estimate of drug-likeness (QED) is 0.201. The monoisotopic (exact) mass is 638 g/mol. The molecule has 2 fully saturated rings. The first-order chi connectivity index (χ1) is 15.0. The maximum Gasteiger partial charge on any atom is 0.254 e. The molecule has 7 heteroatoms. The molecule has 2 aromatic rings. The third kappa shape index (κ3) is 3.94. The number of allylic oxidation sites excluding steroid dienone is 2. The average molecular weight is 638 g/mol. The second kappa shape index (κ2) is 8.65. The maximum atomic E-state index is 12.9. The minimum Gasteiger partial charge on any atom is -0.487 e. The second-order valence-corrected chi connectivity index (χ2v) is 10.5. The van der Waals surface area contributed by atoms with Crippen molar-refractivity contribution in [2.75, 3.05) is 0 Å². The van der Waals surface area contributed by atoms with E-state index < -0.39 is 0 Å². The second-order valence-electron chi connectivity index (χ2n) is 8.16. The number of hydrogen-bond donors (Lipinski definition) is 0. The Morgan fingerprint density at radius 2 is 1.55 bits per heavy atom. The van der Waals surface area contributed by atoms with E-state index in [0.29, 0.717) is 6.61 Å². The lowest BCUT2D eigenvalue weighted by atomic mass is 9.63. The highest BCUT2D eigenvalue weighted by molar-refractivity contribution is 14.1. The Morgan fingerprint density at radius 3 is 2.10 bits per heavy atom. The first-order valence-electron chi connectivity index (χ1n) is 10.3. The molecular formula is C24H20I2N2O3. The molecule has 3 aliphatic carbocycles. The summed E-state index contributed by atoms with van der Waals surface area (Å²) in [7, 11) is 0. The molecule has 1 saturated carbocycles. The van der Waals surface area contributed by atoms with Crippen LogP contribution in [0.5, 0.6) is 5.75 Å². The van der Waals surface area contributed by atoms with E-state index in [2.05, 4.69) is 62.4 Å². The molecule has 1 saturated heterocycles. The molecule has 0 spiro atoms. The molecule has 4 aliphatic rings. The molecule has 2 bridgehead atoms. The van der Waals surface area contributed by atoms with Gasteiger partial charge in [-0.3, -0.25) is 9.59 Å². The molecule has 2 amide bonds. The van der Waals surface area contributed by atoms with Crippen LogP contribution in [-0.4, -0.2) is 23.0 Å². The Bertz CT molecular complexity index is 1040. The summed E-state index contributed by atoms with van der Waals surface area (Å²) >= 11 is 4.49. The number of halogens is 2. The number of hydrogen-bond acceptors (Lipinski definition) is 4. The molecule has 5 nitrogen and oxygen atoms in total. The lowest BCUT2D eigenvalue weighted by Crippen LogP contribution is -2.38. The van der Waals surface area contributed by atoms with Crippen molar-refractivity contribution in [3.63, 3.8) is 0 Å². The van der Waals surface area contributed by atoms with Crippen LogP contribution in [-0.2, 0) is 16.2 Å². The van der Waals surface area contributed by atoms with Gasteiger partial charge in [-0.05, 0) is 93.1 Å². The van der Waals surface area contributed by atoms with E-state index in [1.807, 2.05) is 42.5 Å². The fraction of sp³-hybridized carbons (Fsp3) is 0.292. The first kappa shape index (κ1) is 21.1. The first-order valence-corrected chi connectivity index (χ1v) is 12.4. The van der Waals surface area contributed by atoms with Crippen LogP contribution in [0.1, 0.15) is 24.0 Å². The van der Waals surface area contributed by atoms with Crippen molar-refractivity contribution in [1.82, 2.24) is 5.01 Å². The van der Waals surface area contributed by atoms with E-state index in [1.165, 1.54) is 0 Å². The van der Waals surface area contributed by atoms with Crippen molar-refractivity contribution >= 4 is 63.2 Å². The van der Waals surface area contributed by atoms with Gasteiger partial charge in [-0.1, -0.05) is 42.5 Å². The summed E-state index contributed by atoms with van der Waals surface area (Å²) in [5.74, 6) is 0.397.